The van der Waals surface area contributed by atoms with Crippen LogP contribution in [0.4, 0.5) is 0 Å². The first-order chi connectivity index (χ1) is 24.3. The van der Waals surface area contributed by atoms with Gasteiger partial charge in [-0.25, -0.2) is 15.0 Å². The summed E-state index contributed by atoms with van der Waals surface area (Å²) in [6.07, 6.45) is 0. The van der Waals surface area contributed by atoms with Crippen LogP contribution in [0.15, 0.2) is 168 Å². The maximum atomic E-state index is 6.69. The molecule has 0 saturated carbocycles. The summed E-state index contributed by atoms with van der Waals surface area (Å²) >= 11 is 0. The second-order valence-corrected chi connectivity index (χ2v) is 12.4. The third kappa shape index (κ3) is 4.57. The van der Waals surface area contributed by atoms with E-state index >= 15 is 0 Å². The number of fused-ring (bicyclic) bond motifs is 7. The maximum Gasteiger partial charge on any atom is 0.164 e. The molecule has 228 valence electrons. The first-order valence-corrected chi connectivity index (χ1v) is 16.4. The third-order valence-electron chi connectivity index (χ3n) is 9.50. The lowest BCUT2D eigenvalue weighted by atomic mass is 9.95. The molecule has 10 aromatic rings. The molecule has 0 atom stereocenters. The largest absolute Gasteiger partial charge is 0.455 e. The van der Waals surface area contributed by atoms with Crippen molar-refractivity contribution in [1.82, 2.24) is 15.0 Å². The Balaban J connectivity index is 1.21. The van der Waals surface area contributed by atoms with Gasteiger partial charge in [0.05, 0.1) is 0 Å². The minimum absolute atomic E-state index is 0.602. The van der Waals surface area contributed by atoms with Crippen molar-refractivity contribution in [3.63, 3.8) is 0 Å². The van der Waals surface area contributed by atoms with Crippen LogP contribution in [0.25, 0.3) is 99.5 Å². The molecule has 0 radical (unpaired) electrons. The van der Waals surface area contributed by atoms with Gasteiger partial charge in [-0.2, -0.15) is 0 Å². The molecule has 0 amide bonds. The van der Waals surface area contributed by atoms with E-state index in [0.717, 1.165) is 55.1 Å². The number of aromatic nitrogens is 3. The van der Waals surface area contributed by atoms with Crippen LogP contribution in [-0.2, 0) is 0 Å². The Labute approximate surface area is 282 Å². The van der Waals surface area contributed by atoms with Crippen LogP contribution in [0.2, 0.25) is 0 Å². The van der Waals surface area contributed by atoms with Gasteiger partial charge in [-0.05, 0) is 68.2 Å². The smallest absolute Gasteiger partial charge is 0.164 e. The fourth-order valence-corrected chi connectivity index (χ4v) is 7.09. The molecule has 49 heavy (non-hydrogen) atoms. The average molecular weight is 626 g/mol. The van der Waals surface area contributed by atoms with Crippen molar-refractivity contribution >= 4 is 54.3 Å². The second kappa shape index (κ2) is 11.0. The van der Waals surface area contributed by atoms with Crippen LogP contribution in [0.3, 0.4) is 0 Å². The fourth-order valence-electron chi connectivity index (χ4n) is 7.09. The number of furan rings is 1. The van der Waals surface area contributed by atoms with Crippen molar-refractivity contribution in [3.05, 3.63) is 164 Å². The molecular formula is C45H27N3O. The van der Waals surface area contributed by atoms with Gasteiger partial charge in [0.25, 0.3) is 0 Å². The van der Waals surface area contributed by atoms with E-state index in [1.165, 1.54) is 26.9 Å². The molecule has 8 aromatic carbocycles. The lowest BCUT2D eigenvalue weighted by molar-refractivity contribution is 0.670. The number of nitrogens with zero attached hydrogens (tertiary/aromatic N) is 3. The van der Waals surface area contributed by atoms with Crippen molar-refractivity contribution < 1.29 is 4.42 Å². The van der Waals surface area contributed by atoms with E-state index in [2.05, 4.69) is 121 Å². The molecule has 0 aliphatic rings. The highest BCUT2D eigenvalue weighted by molar-refractivity contribution is 6.16. The van der Waals surface area contributed by atoms with Crippen LogP contribution in [-0.4, -0.2) is 15.0 Å². The van der Waals surface area contributed by atoms with Gasteiger partial charge in [0.15, 0.2) is 17.5 Å². The fraction of sp³-hybridized carbons (Fsp3) is 0. The molecule has 0 aliphatic heterocycles. The van der Waals surface area contributed by atoms with E-state index in [1.807, 2.05) is 42.5 Å². The predicted molar refractivity (Wildman–Crippen MR) is 201 cm³/mol. The SMILES string of the molecule is c1ccc(-c2nc(-c3ccc4ccccc4c3)nc(-c3ccc(-c4ccc5c(ccc6ccccc65)c4)c4oc5ccccc5c34)n2)cc1. The van der Waals surface area contributed by atoms with Crippen LogP contribution < -0.4 is 0 Å². The van der Waals surface area contributed by atoms with Gasteiger partial charge >= 0.3 is 0 Å². The molecular weight excluding hydrogens is 599 g/mol. The minimum atomic E-state index is 0.602. The second-order valence-electron chi connectivity index (χ2n) is 12.4. The highest BCUT2D eigenvalue weighted by Crippen LogP contribution is 2.42. The molecule has 0 unspecified atom stereocenters. The monoisotopic (exact) mass is 625 g/mol. The van der Waals surface area contributed by atoms with Gasteiger partial charge in [0.2, 0.25) is 0 Å². The lowest BCUT2D eigenvalue weighted by Gasteiger charge is -2.12. The van der Waals surface area contributed by atoms with Crippen molar-refractivity contribution in [2.45, 2.75) is 0 Å². The summed E-state index contributed by atoms with van der Waals surface area (Å²) in [7, 11) is 0. The van der Waals surface area contributed by atoms with E-state index in [1.54, 1.807) is 0 Å². The summed E-state index contributed by atoms with van der Waals surface area (Å²) in [5.41, 5.74) is 6.53. The summed E-state index contributed by atoms with van der Waals surface area (Å²) < 4.78 is 6.69. The molecule has 4 nitrogen and oxygen atoms in total. The van der Waals surface area contributed by atoms with Gasteiger partial charge in [0.1, 0.15) is 11.2 Å². The number of benzene rings is 8. The zero-order valence-corrected chi connectivity index (χ0v) is 26.3. The molecule has 4 heteroatoms. The molecule has 0 aliphatic carbocycles. The quantitative estimate of drug-likeness (QED) is 0.183. The Morgan fingerprint density at radius 1 is 0.347 bits per heavy atom. The van der Waals surface area contributed by atoms with Crippen LogP contribution >= 0.6 is 0 Å². The van der Waals surface area contributed by atoms with Gasteiger partial charge in [-0.1, -0.05) is 133 Å². The first kappa shape index (κ1) is 27.5. The van der Waals surface area contributed by atoms with Gasteiger partial charge in [-0.3, -0.25) is 0 Å². The summed E-state index contributed by atoms with van der Waals surface area (Å²) in [5, 5.41) is 9.24. The zero-order valence-electron chi connectivity index (χ0n) is 26.3. The van der Waals surface area contributed by atoms with E-state index in [-0.39, 0.29) is 0 Å². The van der Waals surface area contributed by atoms with Crippen molar-refractivity contribution in [2.75, 3.05) is 0 Å². The molecule has 0 bridgehead atoms. The Kier molecular flexibility index (Phi) is 6.15. The molecule has 2 aromatic heterocycles. The Hall–Kier alpha value is -6.65. The normalized spacial score (nSPS) is 11.7. The standard InChI is InChI=1S/C45H27N3O/c1-2-12-30(13-3-1)43-46-44(34-21-18-28-10-4-5-14-31(28)26-34)48-45(47-43)39-25-24-37(42-41(39)38-16-8-9-17-40(38)49-42)33-22-23-36-32(27-33)20-19-29-11-6-7-15-35(29)36/h1-27H. The highest BCUT2D eigenvalue weighted by atomic mass is 16.3. The Morgan fingerprint density at radius 2 is 0.939 bits per heavy atom. The maximum absolute atomic E-state index is 6.69. The van der Waals surface area contributed by atoms with E-state index in [4.69, 9.17) is 19.4 Å². The number of hydrogen-bond acceptors (Lipinski definition) is 4. The Bertz CT molecular complexity index is 2890. The summed E-state index contributed by atoms with van der Waals surface area (Å²) in [6.45, 7) is 0. The van der Waals surface area contributed by atoms with E-state index in [0.29, 0.717) is 17.5 Å². The molecule has 0 N–H and O–H groups in total. The molecule has 10 rings (SSSR count). The third-order valence-corrected chi connectivity index (χ3v) is 9.50. The topological polar surface area (TPSA) is 51.8 Å². The summed E-state index contributed by atoms with van der Waals surface area (Å²) in [6, 6.07) is 56.9. The molecule has 0 spiro atoms. The average Bonchev–Trinajstić information content (AvgIpc) is 3.57. The lowest BCUT2D eigenvalue weighted by Crippen LogP contribution is -2.00. The van der Waals surface area contributed by atoms with Gasteiger partial charge < -0.3 is 4.42 Å². The number of para-hydroxylation sites is 1. The summed E-state index contributed by atoms with van der Waals surface area (Å²) in [5.74, 6) is 1.85. The number of hydrogen-bond donors (Lipinski definition) is 0. The highest BCUT2D eigenvalue weighted by Gasteiger charge is 2.21. The van der Waals surface area contributed by atoms with E-state index < -0.39 is 0 Å². The predicted octanol–water partition coefficient (Wildman–Crippen LogP) is 11.9. The van der Waals surface area contributed by atoms with Gasteiger partial charge in [0, 0.05) is 33.0 Å². The van der Waals surface area contributed by atoms with Crippen molar-refractivity contribution in [3.8, 4) is 45.3 Å². The molecule has 0 saturated heterocycles. The molecule has 2 heterocycles. The van der Waals surface area contributed by atoms with E-state index in [9.17, 15) is 0 Å². The Morgan fingerprint density at radius 3 is 1.82 bits per heavy atom. The van der Waals surface area contributed by atoms with Crippen LogP contribution in [0, 0.1) is 0 Å². The van der Waals surface area contributed by atoms with Crippen molar-refractivity contribution in [2.24, 2.45) is 0 Å². The van der Waals surface area contributed by atoms with Crippen molar-refractivity contribution in [1.29, 1.82) is 0 Å². The summed E-state index contributed by atoms with van der Waals surface area (Å²) in [4.78, 5) is 15.3. The zero-order chi connectivity index (χ0) is 32.3. The van der Waals surface area contributed by atoms with Crippen LogP contribution in [0.1, 0.15) is 0 Å². The minimum Gasteiger partial charge on any atom is -0.455 e. The van der Waals surface area contributed by atoms with Crippen LogP contribution in [0.5, 0.6) is 0 Å². The molecule has 0 fully saturated rings. The van der Waals surface area contributed by atoms with Gasteiger partial charge in [-0.15, -0.1) is 0 Å². The first-order valence-electron chi connectivity index (χ1n) is 16.4. The number of rotatable bonds is 4.